The summed E-state index contributed by atoms with van der Waals surface area (Å²) >= 11 is 1.16. The van der Waals surface area contributed by atoms with Crippen LogP contribution in [0.15, 0.2) is 53.5 Å². The summed E-state index contributed by atoms with van der Waals surface area (Å²) < 4.78 is 5.47. The number of para-hydroxylation sites is 1. The van der Waals surface area contributed by atoms with Gasteiger partial charge < -0.3 is 4.74 Å². The quantitative estimate of drug-likeness (QED) is 0.344. The number of nitrogens with one attached hydrogen (secondary N) is 1. The number of nitrogens with zero attached hydrogens (tertiary/aromatic N) is 2. The van der Waals surface area contributed by atoms with Crippen molar-refractivity contribution in [1.29, 1.82) is 0 Å². The molecule has 0 aliphatic heterocycles. The molecule has 0 saturated carbocycles. The summed E-state index contributed by atoms with van der Waals surface area (Å²) in [6.45, 7) is 3.49. The van der Waals surface area contributed by atoms with Gasteiger partial charge in [-0.3, -0.25) is 14.9 Å². The number of allylic oxidation sites excluding steroid dienone is 1. The van der Waals surface area contributed by atoms with Crippen molar-refractivity contribution in [2.45, 2.75) is 6.42 Å². The van der Waals surface area contributed by atoms with E-state index in [4.69, 9.17) is 4.74 Å². The number of rotatable bonds is 8. The van der Waals surface area contributed by atoms with E-state index in [1.165, 1.54) is 17.7 Å². The van der Waals surface area contributed by atoms with Gasteiger partial charge in [0.25, 0.3) is 11.6 Å². The average molecular weight is 345 g/mol. The van der Waals surface area contributed by atoms with E-state index in [-0.39, 0.29) is 12.3 Å². The molecular formula is C16H15N3O4S. The molecule has 0 spiro atoms. The van der Waals surface area contributed by atoms with E-state index in [1.807, 2.05) is 18.2 Å². The zero-order valence-electron chi connectivity index (χ0n) is 12.7. The first-order valence-electron chi connectivity index (χ1n) is 6.96. The second-order valence-corrected chi connectivity index (χ2v) is 5.59. The number of hydrazone groups is 1. The Morgan fingerprint density at radius 3 is 2.96 bits per heavy atom. The van der Waals surface area contributed by atoms with Gasteiger partial charge in [-0.1, -0.05) is 24.3 Å². The third-order valence-electron chi connectivity index (χ3n) is 2.89. The molecule has 1 aromatic carbocycles. The van der Waals surface area contributed by atoms with Crippen LogP contribution in [0.2, 0.25) is 0 Å². The first kappa shape index (κ1) is 17.4. The highest BCUT2D eigenvalue weighted by molar-refractivity contribution is 7.12. The molecule has 2 aromatic rings. The molecule has 0 aliphatic carbocycles. The van der Waals surface area contributed by atoms with E-state index in [0.717, 1.165) is 16.9 Å². The largest absolute Gasteiger partial charge is 0.483 e. The third kappa shape index (κ3) is 5.03. The van der Waals surface area contributed by atoms with E-state index < -0.39 is 10.8 Å². The molecule has 0 bridgehead atoms. The van der Waals surface area contributed by atoms with Crippen LogP contribution in [-0.4, -0.2) is 23.7 Å². The summed E-state index contributed by atoms with van der Waals surface area (Å²) in [5.74, 6) is 0.191. The van der Waals surface area contributed by atoms with Crippen molar-refractivity contribution in [1.82, 2.24) is 5.43 Å². The molecule has 0 aliphatic rings. The monoisotopic (exact) mass is 345 g/mol. The summed E-state index contributed by atoms with van der Waals surface area (Å²) in [5, 5.41) is 15.7. The predicted molar refractivity (Wildman–Crippen MR) is 92.5 cm³/mol. The van der Waals surface area contributed by atoms with E-state index in [2.05, 4.69) is 17.1 Å². The fourth-order valence-corrected chi connectivity index (χ4v) is 2.53. The standard InChI is InChI=1S/C16H15N3O4S/c1-2-5-12-6-3-4-7-15(12)23-10-16(20)18-17-9-14-8-13(11-24-14)19(21)22/h2-4,6-9,11H,1,5,10H2,(H,18,20). The van der Waals surface area contributed by atoms with E-state index in [9.17, 15) is 14.9 Å². The number of thiophene rings is 1. The highest BCUT2D eigenvalue weighted by Gasteiger charge is 2.08. The highest BCUT2D eigenvalue weighted by Crippen LogP contribution is 2.19. The number of benzene rings is 1. The van der Waals surface area contributed by atoms with Crippen LogP contribution >= 0.6 is 11.3 Å². The molecule has 1 aromatic heterocycles. The second kappa shape index (κ2) is 8.59. The van der Waals surface area contributed by atoms with Crippen LogP contribution in [0.3, 0.4) is 0 Å². The van der Waals surface area contributed by atoms with Gasteiger partial charge in [-0.25, -0.2) is 5.43 Å². The zero-order chi connectivity index (χ0) is 17.4. The smallest absolute Gasteiger partial charge is 0.280 e. The van der Waals surface area contributed by atoms with Gasteiger partial charge in [0.1, 0.15) is 5.75 Å². The first-order valence-corrected chi connectivity index (χ1v) is 7.84. The summed E-state index contributed by atoms with van der Waals surface area (Å²) in [6.07, 6.45) is 3.75. The predicted octanol–water partition coefficient (Wildman–Crippen LogP) is 2.91. The van der Waals surface area contributed by atoms with Crippen molar-refractivity contribution >= 4 is 29.1 Å². The van der Waals surface area contributed by atoms with Crippen molar-refractivity contribution < 1.29 is 14.5 Å². The van der Waals surface area contributed by atoms with Gasteiger partial charge in [-0.15, -0.1) is 17.9 Å². The number of carbonyl (C=O) groups is 1. The number of hydrogen-bond acceptors (Lipinski definition) is 6. The number of hydrogen-bond donors (Lipinski definition) is 1. The maximum atomic E-state index is 11.7. The topological polar surface area (TPSA) is 93.8 Å². The third-order valence-corrected chi connectivity index (χ3v) is 3.75. The van der Waals surface area contributed by atoms with Gasteiger partial charge in [0, 0.05) is 6.07 Å². The normalized spacial score (nSPS) is 10.5. The van der Waals surface area contributed by atoms with E-state index >= 15 is 0 Å². The van der Waals surface area contributed by atoms with Crippen molar-refractivity contribution in [2.75, 3.05) is 6.61 Å². The lowest BCUT2D eigenvalue weighted by Crippen LogP contribution is -2.24. The van der Waals surface area contributed by atoms with Gasteiger partial charge in [0.15, 0.2) is 6.61 Å². The van der Waals surface area contributed by atoms with Crippen LogP contribution in [0.4, 0.5) is 5.69 Å². The summed E-state index contributed by atoms with van der Waals surface area (Å²) in [4.78, 5) is 22.4. The molecule has 1 heterocycles. The van der Waals surface area contributed by atoms with Gasteiger partial charge >= 0.3 is 0 Å². The Labute approximate surface area is 142 Å². The Morgan fingerprint density at radius 1 is 1.46 bits per heavy atom. The Bertz CT molecular complexity index is 770. The summed E-state index contributed by atoms with van der Waals surface area (Å²) in [5.41, 5.74) is 3.25. The maximum Gasteiger partial charge on any atom is 0.280 e. The van der Waals surface area contributed by atoms with Crippen molar-refractivity contribution in [3.8, 4) is 5.75 Å². The van der Waals surface area contributed by atoms with Crippen LogP contribution in [0, 0.1) is 10.1 Å². The van der Waals surface area contributed by atoms with Crippen LogP contribution in [0.5, 0.6) is 5.75 Å². The van der Waals surface area contributed by atoms with Crippen molar-refractivity contribution in [2.24, 2.45) is 5.10 Å². The Balaban J connectivity index is 1.84. The molecule has 0 radical (unpaired) electrons. The fraction of sp³-hybridized carbons (Fsp3) is 0.125. The summed E-state index contributed by atoms with van der Waals surface area (Å²) in [7, 11) is 0. The minimum Gasteiger partial charge on any atom is -0.483 e. The molecule has 7 nitrogen and oxygen atoms in total. The zero-order valence-corrected chi connectivity index (χ0v) is 13.5. The van der Waals surface area contributed by atoms with Crippen LogP contribution in [-0.2, 0) is 11.2 Å². The van der Waals surface area contributed by atoms with Crippen LogP contribution in [0.25, 0.3) is 0 Å². The number of amides is 1. The Hall–Kier alpha value is -3.00. The number of ether oxygens (including phenoxy) is 1. The van der Waals surface area contributed by atoms with Gasteiger partial charge in [-0.2, -0.15) is 5.10 Å². The fourth-order valence-electron chi connectivity index (χ4n) is 1.82. The number of nitro groups is 1. The molecule has 8 heteroatoms. The Morgan fingerprint density at radius 2 is 2.25 bits per heavy atom. The van der Waals surface area contributed by atoms with E-state index in [1.54, 1.807) is 12.1 Å². The van der Waals surface area contributed by atoms with Crippen LogP contribution < -0.4 is 10.2 Å². The summed E-state index contributed by atoms with van der Waals surface area (Å²) in [6, 6.07) is 8.76. The van der Waals surface area contributed by atoms with E-state index in [0.29, 0.717) is 17.0 Å². The molecule has 0 fully saturated rings. The molecule has 2 rings (SSSR count). The van der Waals surface area contributed by atoms with Crippen LogP contribution in [0.1, 0.15) is 10.4 Å². The van der Waals surface area contributed by atoms with Crippen molar-refractivity contribution in [3.63, 3.8) is 0 Å². The van der Waals surface area contributed by atoms with Gasteiger partial charge in [0.2, 0.25) is 0 Å². The van der Waals surface area contributed by atoms with Gasteiger partial charge in [-0.05, 0) is 18.1 Å². The minimum absolute atomic E-state index is 0.00469. The molecule has 0 unspecified atom stereocenters. The molecule has 0 saturated heterocycles. The van der Waals surface area contributed by atoms with Gasteiger partial charge in [0.05, 0.1) is 21.4 Å². The lowest BCUT2D eigenvalue weighted by molar-refractivity contribution is -0.384. The molecule has 124 valence electrons. The maximum absolute atomic E-state index is 11.7. The minimum atomic E-state index is -0.485. The lowest BCUT2D eigenvalue weighted by Gasteiger charge is -2.09. The first-order chi connectivity index (χ1) is 11.6. The average Bonchev–Trinajstić information content (AvgIpc) is 3.03. The molecule has 1 amide bonds. The molecule has 24 heavy (non-hydrogen) atoms. The highest BCUT2D eigenvalue weighted by atomic mass is 32.1. The molecule has 1 N–H and O–H groups in total. The van der Waals surface area contributed by atoms with Crippen molar-refractivity contribution in [3.05, 3.63) is 68.9 Å². The Kier molecular flexibility index (Phi) is 6.21. The number of carbonyl (C=O) groups excluding carboxylic acids is 1. The SMILES string of the molecule is C=CCc1ccccc1OCC(=O)NN=Cc1cc([N+](=O)[O-])cs1. The molecule has 0 atom stereocenters. The molecular weight excluding hydrogens is 330 g/mol. The second-order valence-electron chi connectivity index (χ2n) is 4.65. The lowest BCUT2D eigenvalue weighted by atomic mass is 10.1.